The molecule has 0 aliphatic carbocycles. The summed E-state index contributed by atoms with van der Waals surface area (Å²) in [6.45, 7) is 3.68. The van der Waals surface area contributed by atoms with E-state index in [4.69, 9.17) is 0 Å². The summed E-state index contributed by atoms with van der Waals surface area (Å²) in [6, 6.07) is 12.2. The predicted octanol–water partition coefficient (Wildman–Crippen LogP) is 1.84. The molecule has 1 saturated heterocycles. The fourth-order valence-electron chi connectivity index (χ4n) is 3.21. The van der Waals surface area contributed by atoms with Crippen molar-refractivity contribution in [2.75, 3.05) is 18.8 Å². The zero-order chi connectivity index (χ0) is 21.2. The van der Waals surface area contributed by atoms with Crippen molar-refractivity contribution >= 4 is 21.8 Å². The molecule has 0 unspecified atom stereocenters. The fraction of sp³-hybridized carbons (Fsp3) is 0.300. The number of amides is 2. The van der Waals surface area contributed by atoms with Crippen LogP contribution in [0.5, 0.6) is 0 Å². The van der Waals surface area contributed by atoms with Crippen LogP contribution in [-0.2, 0) is 14.8 Å². The van der Waals surface area contributed by atoms with Crippen LogP contribution in [0.1, 0.15) is 22.8 Å². The Morgan fingerprint density at radius 1 is 1.14 bits per heavy atom. The molecule has 0 spiro atoms. The smallest absolute Gasteiger partial charge is 0.269 e. The third-order valence-corrected chi connectivity index (χ3v) is 6.11. The fourth-order valence-corrected chi connectivity index (χ4v) is 4.37. The standard InChI is InChI=1S/C20H22FN3O4S/c1-13-8-17(16-6-4-3-5-7-16)9-18(19(13)21)20(26)22-23-29(27,28)12-15-10-24(11-15)14(2)25/h3-9,15,23H,10-12H2,1-2H3,(H,22,26). The van der Waals surface area contributed by atoms with E-state index in [1.807, 2.05) is 35.2 Å². The van der Waals surface area contributed by atoms with Gasteiger partial charge in [0.15, 0.2) is 0 Å². The molecule has 1 aliphatic rings. The molecule has 2 amide bonds. The van der Waals surface area contributed by atoms with Crippen LogP contribution in [0.2, 0.25) is 0 Å². The third-order valence-electron chi connectivity index (χ3n) is 4.78. The number of nitrogens with zero attached hydrogens (tertiary/aromatic N) is 1. The molecule has 9 heteroatoms. The van der Waals surface area contributed by atoms with Crippen LogP contribution < -0.4 is 10.3 Å². The molecule has 2 aromatic carbocycles. The van der Waals surface area contributed by atoms with Gasteiger partial charge < -0.3 is 4.90 Å². The highest BCUT2D eigenvalue weighted by Gasteiger charge is 2.32. The normalized spacial score (nSPS) is 14.4. The summed E-state index contributed by atoms with van der Waals surface area (Å²) in [5.41, 5.74) is 3.56. The number of hydrazine groups is 1. The quantitative estimate of drug-likeness (QED) is 0.699. The van der Waals surface area contributed by atoms with Gasteiger partial charge in [-0.15, -0.1) is 4.83 Å². The number of benzene rings is 2. The largest absolute Gasteiger partial charge is 0.342 e. The molecule has 0 radical (unpaired) electrons. The minimum atomic E-state index is -3.82. The van der Waals surface area contributed by atoms with Crippen LogP contribution in [0.15, 0.2) is 42.5 Å². The number of hydrogen-bond acceptors (Lipinski definition) is 4. The zero-order valence-electron chi connectivity index (χ0n) is 16.1. The molecule has 2 N–H and O–H groups in total. The first-order valence-electron chi connectivity index (χ1n) is 9.07. The minimum absolute atomic E-state index is 0.107. The second kappa shape index (κ2) is 8.30. The van der Waals surface area contributed by atoms with Crippen LogP contribution >= 0.6 is 0 Å². The summed E-state index contributed by atoms with van der Waals surface area (Å²) in [5, 5.41) is 0. The van der Waals surface area contributed by atoms with E-state index in [1.165, 1.54) is 17.9 Å². The van der Waals surface area contributed by atoms with Gasteiger partial charge in [-0.1, -0.05) is 30.3 Å². The molecule has 3 rings (SSSR count). The van der Waals surface area contributed by atoms with Crippen molar-refractivity contribution in [1.29, 1.82) is 0 Å². The Labute approximate surface area is 168 Å². The van der Waals surface area contributed by atoms with Crippen LogP contribution in [0, 0.1) is 18.7 Å². The van der Waals surface area contributed by atoms with Crippen molar-refractivity contribution in [3.63, 3.8) is 0 Å². The van der Waals surface area contributed by atoms with E-state index in [0.717, 1.165) is 5.56 Å². The molecule has 1 aliphatic heterocycles. The number of aryl methyl sites for hydroxylation is 1. The molecular formula is C20H22FN3O4S. The minimum Gasteiger partial charge on any atom is -0.342 e. The van der Waals surface area contributed by atoms with Gasteiger partial charge in [0.05, 0.1) is 11.3 Å². The highest BCUT2D eigenvalue weighted by Crippen LogP contribution is 2.24. The molecule has 7 nitrogen and oxygen atoms in total. The summed E-state index contributed by atoms with van der Waals surface area (Å²) < 4.78 is 38.8. The Bertz CT molecular complexity index is 1040. The second-order valence-electron chi connectivity index (χ2n) is 7.15. The predicted molar refractivity (Wildman–Crippen MR) is 107 cm³/mol. The van der Waals surface area contributed by atoms with Gasteiger partial charge in [-0.05, 0) is 35.7 Å². The first-order chi connectivity index (χ1) is 13.7. The lowest BCUT2D eigenvalue weighted by Gasteiger charge is -2.38. The summed E-state index contributed by atoms with van der Waals surface area (Å²) in [4.78, 5) is 27.1. The SMILES string of the molecule is CC(=O)N1CC(CS(=O)(=O)NNC(=O)c2cc(-c3ccccc3)cc(C)c2F)C1. The Morgan fingerprint density at radius 2 is 1.79 bits per heavy atom. The van der Waals surface area contributed by atoms with Gasteiger partial charge in [-0.2, -0.15) is 0 Å². The Morgan fingerprint density at radius 3 is 2.41 bits per heavy atom. The lowest BCUT2D eigenvalue weighted by Crippen LogP contribution is -2.53. The van der Waals surface area contributed by atoms with E-state index >= 15 is 0 Å². The summed E-state index contributed by atoms with van der Waals surface area (Å²) in [7, 11) is -3.82. The molecule has 0 bridgehead atoms. The van der Waals surface area contributed by atoms with Crippen molar-refractivity contribution < 1.29 is 22.4 Å². The average Bonchev–Trinajstić information content (AvgIpc) is 2.65. The van der Waals surface area contributed by atoms with Crippen LogP contribution in [-0.4, -0.2) is 44.0 Å². The Hall–Kier alpha value is -2.78. The highest BCUT2D eigenvalue weighted by molar-refractivity contribution is 7.89. The molecule has 29 heavy (non-hydrogen) atoms. The molecular weight excluding hydrogens is 397 g/mol. The molecule has 0 saturated carbocycles. The van der Waals surface area contributed by atoms with Crippen LogP contribution in [0.25, 0.3) is 11.1 Å². The average molecular weight is 419 g/mol. The lowest BCUT2D eigenvalue weighted by atomic mass is 9.99. The first-order valence-corrected chi connectivity index (χ1v) is 10.7. The first kappa shape index (κ1) is 20.9. The van der Waals surface area contributed by atoms with Crippen molar-refractivity contribution in [1.82, 2.24) is 15.2 Å². The summed E-state index contributed by atoms with van der Waals surface area (Å²) >= 11 is 0. The molecule has 154 valence electrons. The van der Waals surface area contributed by atoms with E-state index in [-0.39, 0.29) is 28.7 Å². The number of carbonyl (C=O) groups excluding carboxylic acids is 2. The maximum Gasteiger partial charge on any atom is 0.269 e. The van der Waals surface area contributed by atoms with Crippen LogP contribution in [0.4, 0.5) is 4.39 Å². The van der Waals surface area contributed by atoms with Gasteiger partial charge >= 0.3 is 0 Å². The lowest BCUT2D eigenvalue weighted by molar-refractivity contribution is -0.134. The third kappa shape index (κ3) is 4.99. The monoisotopic (exact) mass is 419 g/mol. The van der Waals surface area contributed by atoms with E-state index in [0.29, 0.717) is 18.7 Å². The van der Waals surface area contributed by atoms with E-state index in [9.17, 15) is 22.4 Å². The van der Waals surface area contributed by atoms with E-state index in [1.54, 1.807) is 13.0 Å². The number of hydrogen-bond donors (Lipinski definition) is 2. The molecule has 1 fully saturated rings. The highest BCUT2D eigenvalue weighted by atomic mass is 32.2. The Balaban J connectivity index is 1.67. The number of rotatable bonds is 6. The number of sulfonamides is 1. The Kier molecular flexibility index (Phi) is 5.99. The molecule has 0 atom stereocenters. The van der Waals surface area contributed by atoms with Gasteiger partial charge in [-0.25, -0.2) is 12.8 Å². The maximum absolute atomic E-state index is 14.5. The number of carbonyl (C=O) groups is 2. The van der Waals surface area contributed by atoms with Gasteiger partial charge in [0.2, 0.25) is 15.9 Å². The molecule has 1 heterocycles. The van der Waals surface area contributed by atoms with Gasteiger partial charge in [0.25, 0.3) is 5.91 Å². The molecule has 0 aromatic heterocycles. The maximum atomic E-state index is 14.5. The van der Waals surface area contributed by atoms with Gasteiger partial charge in [0, 0.05) is 25.9 Å². The van der Waals surface area contributed by atoms with Crippen molar-refractivity contribution in [2.45, 2.75) is 13.8 Å². The van der Waals surface area contributed by atoms with Crippen LogP contribution in [0.3, 0.4) is 0 Å². The topological polar surface area (TPSA) is 95.6 Å². The second-order valence-corrected chi connectivity index (χ2v) is 8.92. The number of likely N-dealkylation sites (tertiary alicyclic amines) is 1. The van der Waals surface area contributed by atoms with Crippen molar-refractivity contribution in [2.24, 2.45) is 5.92 Å². The van der Waals surface area contributed by atoms with E-state index in [2.05, 4.69) is 5.43 Å². The van der Waals surface area contributed by atoms with E-state index < -0.39 is 21.7 Å². The molecule has 2 aromatic rings. The van der Waals surface area contributed by atoms with Gasteiger partial charge in [0.1, 0.15) is 5.82 Å². The summed E-state index contributed by atoms with van der Waals surface area (Å²) in [6.07, 6.45) is 0. The van der Waals surface area contributed by atoms with Gasteiger partial charge in [-0.3, -0.25) is 15.0 Å². The number of nitrogens with one attached hydrogen (secondary N) is 2. The van der Waals surface area contributed by atoms with Crippen molar-refractivity contribution in [3.8, 4) is 11.1 Å². The summed E-state index contributed by atoms with van der Waals surface area (Å²) in [5.74, 6) is -2.14. The van der Waals surface area contributed by atoms with Crippen molar-refractivity contribution in [3.05, 3.63) is 59.4 Å². The zero-order valence-corrected chi connectivity index (χ0v) is 16.9. The number of halogens is 1.